The summed E-state index contributed by atoms with van der Waals surface area (Å²) in [6, 6.07) is 7.24. The monoisotopic (exact) mass is 345 g/mol. The number of benzene rings is 1. The Morgan fingerprint density at radius 3 is 2.40 bits per heavy atom. The van der Waals surface area contributed by atoms with Crippen molar-refractivity contribution >= 4 is 17.5 Å². The van der Waals surface area contributed by atoms with Crippen LogP contribution in [0.3, 0.4) is 0 Å². The molecule has 0 saturated carbocycles. The van der Waals surface area contributed by atoms with Crippen LogP contribution in [0.5, 0.6) is 5.75 Å². The van der Waals surface area contributed by atoms with Gasteiger partial charge in [0.25, 0.3) is 0 Å². The fourth-order valence-corrected chi connectivity index (χ4v) is 3.81. The van der Waals surface area contributed by atoms with Crippen molar-refractivity contribution < 1.29 is 14.7 Å². The Balaban J connectivity index is 1.67. The predicted molar refractivity (Wildman–Crippen MR) is 96.3 cm³/mol. The van der Waals surface area contributed by atoms with E-state index in [0.717, 1.165) is 5.69 Å². The van der Waals surface area contributed by atoms with Crippen LogP contribution < -0.4 is 10.2 Å². The van der Waals surface area contributed by atoms with Crippen molar-refractivity contribution in [3.8, 4) is 5.75 Å². The number of para-hydroxylation sites is 2. The molecule has 2 saturated heterocycles. The van der Waals surface area contributed by atoms with Crippen LogP contribution in [-0.4, -0.2) is 54.5 Å². The molecule has 0 spiro atoms. The summed E-state index contributed by atoms with van der Waals surface area (Å²) in [5.41, 5.74) is 0.692. The minimum Gasteiger partial charge on any atom is -0.506 e. The lowest BCUT2D eigenvalue weighted by Crippen LogP contribution is -2.52. The Bertz CT molecular complexity index is 660. The molecule has 2 fully saturated rings. The van der Waals surface area contributed by atoms with E-state index in [9.17, 15) is 14.7 Å². The molecule has 0 bridgehead atoms. The molecule has 2 amide bonds. The normalized spacial score (nSPS) is 24.4. The van der Waals surface area contributed by atoms with E-state index in [1.807, 2.05) is 12.1 Å². The number of carbonyl (C=O) groups is 2. The highest BCUT2D eigenvalue weighted by Gasteiger charge is 2.47. The lowest BCUT2D eigenvalue weighted by Gasteiger charge is -2.38. The molecule has 2 atom stereocenters. The Morgan fingerprint density at radius 1 is 1.16 bits per heavy atom. The highest BCUT2D eigenvalue weighted by atomic mass is 16.3. The molecule has 0 aliphatic carbocycles. The zero-order valence-electron chi connectivity index (χ0n) is 15.2. The number of hydrogen-bond acceptors (Lipinski definition) is 4. The summed E-state index contributed by atoms with van der Waals surface area (Å²) < 4.78 is 0. The van der Waals surface area contributed by atoms with E-state index in [0.29, 0.717) is 32.7 Å². The molecule has 6 heteroatoms. The number of phenolic OH excluding ortho intramolecular Hbond substituents is 1. The number of carbonyl (C=O) groups excluding carboxylic acids is 2. The van der Waals surface area contributed by atoms with Crippen LogP contribution in [0.15, 0.2) is 24.3 Å². The Kier molecular flexibility index (Phi) is 4.62. The van der Waals surface area contributed by atoms with Crippen molar-refractivity contribution in [1.82, 2.24) is 10.2 Å². The lowest BCUT2D eigenvalue weighted by molar-refractivity contribution is -0.143. The van der Waals surface area contributed by atoms with E-state index in [4.69, 9.17) is 0 Å². The van der Waals surface area contributed by atoms with Crippen LogP contribution in [-0.2, 0) is 9.59 Å². The number of amides is 2. The second-order valence-corrected chi connectivity index (χ2v) is 8.00. The second-order valence-electron chi connectivity index (χ2n) is 8.00. The third-order valence-corrected chi connectivity index (χ3v) is 5.37. The van der Waals surface area contributed by atoms with Crippen molar-refractivity contribution in [2.24, 2.45) is 17.3 Å². The third kappa shape index (κ3) is 3.43. The zero-order valence-corrected chi connectivity index (χ0v) is 15.2. The molecule has 2 aliphatic rings. The summed E-state index contributed by atoms with van der Waals surface area (Å²) in [7, 11) is 0. The number of aromatic hydroxyl groups is 1. The van der Waals surface area contributed by atoms with Gasteiger partial charge in [0.1, 0.15) is 11.7 Å². The first-order valence-electron chi connectivity index (χ1n) is 8.88. The summed E-state index contributed by atoms with van der Waals surface area (Å²) in [4.78, 5) is 29.1. The standard InChI is InChI=1S/C19H27N3O3/c1-19(2,3)13-12-20-17(24)16(13)18(25)22-10-8-21(9-11-22)14-6-4-5-7-15(14)23/h4-7,13,16,23H,8-12H2,1-3H3,(H,20,24)/t13-,16+/m0/s1. The van der Waals surface area contributed by atoms with Crippen LogP contribution in [0.25, 0.3) is 0 Å². The fourth-order valence-electron chi connectivity index (χ4n) is 3.81. The molecular formula is C19H27N3O3. The summed E-state index contributed by atoms with van der Waals surface area (Å²) in [6.45, 7) is 9.23. The van der Waals surface area contributed by atoms with Crippen LogP contribution in [0.1, 0.15) is 20.8 Å². The van der Waals surface area contributed by atoms with Gasteiger partial charge in [-0.05, 0) is 17.5 Å². The van der Waals surface area contributed by atoms with Gasteiger partial charge in [-0.2, -0.15) is 0 Å². The number of nitrogens with zero attached hydrogens (tertiary/aromatic N) is 2. The van der Waals surface area contributed by atoms with Gasteiger partial charge in [-0.1, -0.05) is 32.9 Å². The van der Waals surface area contributed by atoms with Crippen LogP contribution in [0.2, 0.25) is 0 Å². The quantitative estimate of drug-likeness (QED) is 0.796. The van der Waals surface area contributed by atoms with E-state index in [2.05, 4.69) is 31.0 Å². The van der Waals surface area contributed by atoms with Crippen molar-refractivity contribution in [3.63, 3.8) is 0 Å². The molecule has 0 radical (unpaired) electrons. The van der Waals surface area contributed by atoms with Crippen LogP contribution in [0, 0.1) is 17.3 Å². The lowest BCUT2D eigenvalue weighted by atomic mass is 9.74. The van der Waals surface area contributed by atoms with Gasteiger partial charge in [0.05, 0.1) is 5.69 Å². The predicted octanol–water partition coefficient (Wildman–Crippen LogP) is 1.45. The maximum Gasteiger partial charge on any atom is 0.235 e. The number of nitrogens with one attached hydrogen (secondary N) is 1. The first-order valence-corrected chi connectivity index (χ1v) is 8.88. The molecule has 25 heavy (non-hydrogen) atoms. The molecule has 0 unspecified atom stereocenters. The van der Waals surface area contributed by atoms with E-state index >= 15 is 0 Å². The number of hydrogen-bond donors (Lipinski definition) is 2. The van der Waals surface area contributed by atoms with Gasteiger partial charge < -0.3 is 20.2 Å². The Labute approximate surface area is 148 Å². The maximum atomic E-state index is 13.0. The van der Waals surface area contributed by atoms with Gasteiger partial charge in [0, 0.05) is 38.6 Å². The highest BCUT2D eigenvalue weighted by Crippen LogP contribution is 2.36. The van der Waals surface area contributed by atoms with Gasteiger partial charge in [-0.3, -0.25) is 9.59 Å². The average molecular weight is 345 g/mol. The summed E-state index contributed by atoms with van der Waals surface area (Å²) in [5.74, 6) is -0.523. The van der Waals surface area contributed by atoms with Gasteiger partial charge in [0.15, 0.2) is 0 Å². The van der Waals surface area contributed by atoms with Crippen LogP contribution in [0.4, 0.5) is 5.69 Å². The molecule has 3 rings (SSSR count). The van der Waals surface area contributed by atoms with E-state index in [1.54, 1.807) is 17.0 Å². The number of piperazine rings is 1. The molecule has 2 N–H and O–H groups in total. The van der Waals surface area contributed by atoms with Crippen molar-refractivity contribution in [2.45, 2.75) is 20.8 Å². The SMILES string of the molecule is CC(C)(C)[C@H]1CNC(=O)[C@@H]1C(=O)N1CCN(c2ccccc2O)CC1. The number of phenols is 1. The van der Waals surface area contributed by atoms with Gasteiger partial charge >= 0.3 is 0 Å². The minimum atomic E-state index is -0.586. The summed E-state index contributed by atoms with van der Waals surface area (Å²) in [6.07, 6.45) is 0. The Morgan fingerprint density at radius 2 is 1.80 bits per heavy atom. The number of anilines is 1. The average Bonchev–Trinajstić information content (AvgIpc) is 2.97. The minimum absolute atomic E-state index is 0.0173. The van der Waals surface area contributed by atoms with E-state index in [-0.39, 0.29) is 28.9 Å². The molecule has 1 aromatic rings. The topological polar surface area (TPSA) is 72.9 Å². The highest BCUT2D eigenvalue weighted by molar-refractivity contribution is 6.02. The van der Waals surface area contributed by atoms with Gasteiger partial charge in [-0.25, -0.2) is 0 Å². The van der Waals surface area contributed by atoms with Gasteiger partial charge in [-0.15, -0.1) is 0 Å². The summed E-state index contributed by atoms with van der Waals surface area (Å²) in [5, 5.41) is 12.9. The van der Waals surface area contributed by atoms with Crippen molar-refractivity contribution in [2.75, 3.05) is 37.6 Å². The van der Waals surface area contributed by atoms with Crippen LogP contribution >= 0.6 is 0 Å². The zero-order chi connectivity index (χ0) is 18.2. The Hall–Kier alpha value is -2.24. The smallest absolute Gasteiger partial charge is 0.235 e. The molecule has 136 valence electrons. The van der Waals surface area contributed by atoms with E-state index < -0.39 is 5.92 Å². The first kappa shape index (κ1) is 17.6. The first-order chi connectivity index (χ1) is 11.8. The number of rotatable bonds is 2. The molecule has 6 nitrogen and oxygen atoms in total. The largest absolute Gasteiger partial charge is 0.506 e. The van der Waals surface area contributed by atoms with Crippen molar-refractivity contribution in [1.29, 1.82) is 0 Å². The van der Waals surface area contributed by atoms with Crippen molar-refractivity contribution in [3.05, 3.63) is 24.3 Å². The second kappa shape index (κ2) is 6.58. The fraction of sp³-hybridized carbons (Fsp3) is 0.579. The maximum absolute atomic E-state index is 13.0. The molecule has 1 aromatic carbocycles. The third-order valence-electron chi connectivity index (χ3n) is 5.37. The molecule has 0 aromatic heterocycles. The van der Waals surface area contributed by atoms with E-state index in [1.165, 1.54) is 0 Å². The van der Waals surface area contributed by atoms with Gasteiger partial charge in [0.2, 0.25) is 11.8 Å². The molecule has 2 aliphatic heterocycles. The summed E-state index contributed by atoms with van der Waals surface area (Å²) >= 11 is 0. The molecular weight excluding hydrogens is 318 g/mol. The molecule has 2 heterocycles.